The average Bonchev–Trinajstić information content (AvgIpc) is 2.54. The predicted molar refractivity (Wildman–Crippen MR) is 96.0 cm³/mol. The average molecular weight is 341 g/mol. The lowest BCUT2D eigenvalue weighted by Gasteiger charge is -2.12. The number of hydrogen-bond donors (Lipinski definition) is 3. The lowest BCUT2D eigenvalue weighted by Crippen LogP contribution is -2.14. The van der Waals surface area contributed by atoms with Gasteiger partial charge in [0, 0.05) is 30.8 Å². The highest BCUT2D eigenvalue weighted by Crippen LogP contribution is 2.28. The second-order valence-corrected chi connectivity index (χ2v) is 5.31. The molecule has 0 radical (unpaired) electrons. The van der Waals surface area contributed by atoms with Crippen molar-refractivity contribution in [2.75, 3.05) is 23.1 Å². The van der Waals surface area contributed by atoms with Gasteiger partial charge in [0.1, 0.15) is 5.75 Å². The minimum Gasteiger partial charge on any atom is -0.495 e. The normalized spacial score (nSPS) is 9.88. The van der Waals surface area contributed by atoms with Crippen molar-refractivity contribution in [3.05, 3.63) is 48.0 Å². The van der Waals surface area contributed by atoms with Gasteiger partial charge in [-0.25, -0.2) is 0 Å². The molecule has 2 aromatic rings. The molecule has 0 bridgehead atoms. The van der Waals surface area contributed by atoms with Gasteiger partial charge < -0.3 is 20.7 Å². The molecule has 0 fully saturated rings. The van der Waals surface area contributed by atoms with Gasteiger partial charge >= 0.3 is 0 Å². The Morgan fingerprint density at radius 3 is 2.16 bits per heavy atom. The van der Waals surface area contributed by atoms with Crippen molar-refractivity contribution in [2.24, 2.45) is 0 Å². The Morgan fingerprint density at radius 1 is 0.840 bits per heavy atom. The number of amides is 3. The van der Waals surface area contributed by atoms with Gasteiger partial charge in [-0.1, -0.05) is 6.07 Å². The van der Waals surface area contributed by atoms with Crippen molar-refractivity contribution in [3.63, 3.8) is 0 Å². The highest BCUT2D eigenvalue weighted by molar-refractivity contribution is 6.05. The fraction of sp³-hybridized carbons (Fsp3) is 0.167. The minimum atomic E-state index is -0.342. The Hall–Kier alpha value is -3.35. The van der Waals surface area contributed by atoms with Gasteiger partial charge in [0.25, 0.3) is 5.91 Å². The first kappa shape index (κ1) is 18.0. The van der Waals surface area contributed by atoms with Crippen molar-refractivity contribution in [3.8, 4) is 5.75 Å². The number of ether oxygens (including phenoxy) is 1. The van der Waals surface area contributed by atoms with E-state index in [1.165, 1.54) is 21.0 Å². The third kappa shape index (κ3) is 5.07. The number of rotatable bonds is 5. The molecule has 7 nitrogen and oxygen atoms in total. The largest absolute Gasteiger partial charge is 0.495 e. The van der Waals surface area contributed by atoms with Crippen LogP contribution in [0.25, 0.3) is 0 Å². The van der Waals surface area contributed by atoms with Crippen LogP contribution in [0.2, 0.25) is 0 Å². The first-order chi connectivity index (χ1) is 11.9. The zero-order valence-electron chi connectivity index (χ0n) is 14.2. The molecule has 3 N–H and O–H groups in total. The van der Waals surface area contributed by atoms with Crippen molar-refractivity contribution in [2.45, 2.75) is 13.8 Å². The van der Waals surface area contributed by atoms with Crippen LogP contribution in [-0.2, 0) is 9.59 Å². The second kappa shape index (κ2) is 7.96. The molecule has 25 heavy (non-hydrogen) atoms. The van der Waals surface area contributed by atoms with Crippen molar-refractivity contribution < 1.29 is 19.1 Å². The van der Waals surface area contributed by atoms with E-state index >= 15 is 0 Å². The summed E-state index contributed by atoms with van der Waals surface area (Å²) in [6.45, 7) is 2.78. The summed E-state index contributed by atoms with van der Waals surface area (Å²) in [5.74, 6) is -0.315. The predicted octanol–water partition coefficient (Wildman–Crippen LogP) is 2.86. The maximum atomic E-state index is 12.4. The number of anilines is 3. The van der Waals surface area contributed by atoms with Gasteiger partial charge in [-0.3, -0.25) is 14.4 Å². The summed E-state index contributed by atoms with van der Waals surface area (Å²) in [7, 11) is 1.49. The third-order valence-electron chi connectivity index (χ3n) is 3.21. The third-order valence-corrected chi connectivity index (χ3v) is 3.21. The molecule has 2 rings (SSSR count). The van der Waals surface area contributed by atoms with Crippen molar-refractivity contribution in [1.29, 1.82) is 0 Å². The molecule has 2 aromatic carbocycles. The van der Waals surface area contributed by atoms with Gasteiger partial charge in [0.2, 0.25) is 11.8 Å². The molecular weight excluding hydrogens is 322 g/mol. The van der Waals surface area contributed by atoms with E-state index < -0.39 is 0 Å². The number of hydrogen-bond acceptors (Lipinski definition) is 4. The Balaban J connectivity index is 2.20. The first-order valence-electron chi connectivity index (χ1n) is 7.53. The van der Waals surface area contributed by atoms with Crippen LogP contribution in [0.1, 0.15) is 24.2 Å². The number of methoxy groups -OCH3 is 1. The molecule has 130 valence electrons. The topological polar surface area (TPSA) is 96.5 Å². The molecule has 0 unspecified atom stereocenters. The SMILES string of the molecule is COc1ccc(NC(=O)c2cccc(NC(C)=O)c2)cc1NC(C)=O. The maximum Gasteiger partial charge on any atom is 0.255 e. The van der Waals surface area contributed by atoms with Crippen molar-refractivity contribution in [1.82, 2.24) is 0 Å². The standard InChI is InChI=1S/C18H19N3O4/c1-11(22)19-14-6-4-5-13(9-14)18(24)21-15-7-8-17(25-3)16(10-15)20-12(2)23/h4-10H,1-3H3,(H,19,22)(H,20,23)(H,21,24). The summed E-state index contributed by atoms with van der Waals surface area (Å²) in [5.41, 5.74) is 1.89. The van der Waals surface area contributed by atoms with Crippen LogP contribution in [0, 0.1) is 0 Å². The van der Waals surface area contributed by atoms with E-state index in [0.29, 0.717) is 28.4 Å². The molecule has 0 atom stereocenters. The number of benzene rings is 2. The Labute approximate surface area is 145 Å². The summed E-state index contributed by atoms with van der Waals surface area (Å²) in [4.78, 5) is 34.8. The number of nitrogens with one attached hydrogen (secondary N) is 3. The first-order valence-corrected chi connectivity index (χ1v) is 7.53. The molecular formula is C18H19N3O4. The van der Waals surface area contributed by atoms with Gasteiger partial charge in [-0.15, -0.1) is 0 Å². The van der Waals surface area contributed by atoms with Crippen LogP contribution < -0.4 is 20.7 Å². The van der Waals surface area contributed by atoms with Crippen LogP contribution >= 0.6 is 0 Å². The Bertz CT molecular complexity index is 818. The zero-order valence-corrected chi connectivity index (χ0v) is 14.2. The summed E-state index contributed by atoms with van der Waals surface area (Å²) < 4.78 is 5.18. The molecule has 0 saturated heterocycles. The lowest BCUT2D eigenvalue weighted by molar-refractivity contribution is -0.115. The quantitative estimate of drug-likeness (QED) is 0.779. The molecule has 7 heteroatoms. The zero-order chi connectivity index (χ0) is 18.4. The van der Waals surface area contributed by atoms with Crippen molar-refractivity contribution >= 4 is 34.8 Å². The molecule has 0 aromatic heterocycles. The highest BCUT2D eigenvalue weighted by Gasteiger charge is 2.10. The Kier molecular flexibility index (Phi) is 5.73. The molecule has 0 aliphatic heterocycles. The van der Waals surface area contributed by atoms with E-state index in [1.807, 2.05) is 0 Å². The number of carbonyl (C=O) groups is 3. The van der Waals surface area contributed by atoms with E-state index in [9.17, 15) is 14.4 Å². The van der Waals surface area contributed by atoms with Crippen LogP contribution in [0.15, 0.2) is 42.5 Å². The smallest absolute Gasteiger partial charge is 0.255 e. The monoisotopic (exact) mass is 341 g/mol. The molecule has 0 aliphatic carbocycles. The van der Waals surface area contributed by atoms with Gasteiger partial charge in [-0.2, -0.15) is 0 Å². The molecule has 0 saturated carbocycles. The fourth-order valence-electron chi connectivity index (χ4n) is 2.22. The molecule has 3 amide bonds. The van der Waals surface area contributed by atoms with Crippen LogP contribution in [-0.4, -0.2) is 24.8 Å². The molecule has 0 heterocycles. The highest BCUT2D eigenvalue weighted by atomic mass is 16.5. The summed E-state index contributed by atoms with van der Waals surface area (Å²) >= 11 is 0. The van der Waals surface area contributed by atoms with E-state index in [1.54, 1.807) is 42.5 Å². The number of carbonyl (C=O) groups excluding carboxylic acids is 3. The maximum absolute atomic E-state index is 12.4. The van der Waals surface area contributed by atoms with Gasteiger partial charge in [-0.05, 0) is 36.4 Å². The fourth-order valence-corrected chi connectivity index (χ4v) is 2.22. The van der Waals surface area contributed by atoms with E-state index in [0.717, 1.165) is 0 Å². The summed E-state index contributed by atoms with van der Waals surface area (Å²) in [6.07, 6.45) is 0. The van der Waals surface area contributed by atoms with Crippen LogP contribution in [0.4, 0.5) is 17.1 Å². The van der Waals surface area contributed by atoms with E-state index in [4.69, 9.17) is 4.74 Å². The lowest BCUT2D eigenvalue weighted by atomic mass is 10.1. The van der Waals surface area contributed by atoms with Crippen LogP contribution in [0.3, 0.4) is 0 Å². The second-order valence-electron chi connectivity index (χ2n) is 5.31. The minimum absolute atomic E-state index is 0.215. The van der Waals surface area contributed by atoms with Gasteiger partial charge in [0.15, 0.2) is 0 Å². The van der Waals surface area contributed by atoms with Gasteiger partial charge in [0.05, 0.1) is 12.8 Å². The van der Waals surface area contributed by atoms with E-state index in [2.05, 4.69) is 16.0 Å². The molecule has 0 spiro atoms. The van der Waals surface area contributed by atoms with E-state index in [-0.39, 0.29) is 17.7 Å². The summed E-state index contributed by atoms with van der Waals surface area (Å²) in [5, 5.41) is 8.02. The summed E-state index contributed by atoms with van der Waals surface area (Å²) in [6, 6.07) is 11.5. The van der Waals surface area contributed by atoms with Crippen LogP contribution in [0.5, 0.6) is 5.75 Å². The Morgan fingerprint density at radius 2 is 1.52 bits per heavy atom. The molecule has 0 aliphatic rings.